The van der Waals surface area contributed by atoms with Gasteiger partial charge < -0.3 is 4.74 Å². The normalized spacial score (nSPS) is 49.0. The monoisotopic (exact) mass is 401 g/mol. The molecule has 9 unspecified atom stereocenters. The molecule has 0 aromatic carbocycles. The van der Waals surface area contributed by atoms with Crippen LogP contribution >= 0.6 is 0 Å². The summed E-state index contributed by atoms with van der Waals surface area (Å²) in [6.45, 7) is 10.6. The highest BCUT2D eigenvalue weighted by Gasteiger charge is 2.58. The van der Waals surface area contributed by atoms with Crippen LogP contribution in [0.5, 0.6) is 0 Å². The minimum absolute atomic E-state index is 0.0766. The summed E-state index contributed by atoms with van der Waals surface area (Å²) in [5.41, 5.74) is 0.271. The van der Waals surface area contributed by atoms with Gasteiger partial charge in [-0.25, -0.2) is 0 Å². The fourth-order valence-electron chi connectivity index (χ4n) is 8.99. The first-order chi connectivity index (χ1) is 14.0. The first-order valence-corrected chi connectivity index (χ1v) is 12.8. The molecule has 4 saturated carbocycles. The van der Waals surface area contributed by atoms with E-state index in [0.717, 1.165) is 68.2 Å². The molecule has 0 N–H and O–H groups in total. The van der Waals surface area contributed by atoms with Gasteiger partial charge in [-0.15, -0.1) is 0 Å². The van der Waals surface area contributed by atoms with Crippen LogP contribution in [0.25, 0.3) is 0 Å². The highest BCUT2D eigenvalue weighted by Crippen LogP contribution is 2.64. The molecule has 4 aliphatic carbocycles. The second-order valence-electron chi connectivity index (χ2n) is 11.8. The first-order valence-electron chi connectivity index (χ1n) is 12.8. The number of fused-ring (bicyclic) bond motifs is 5. The van der Waals surface area contributed by atoms with Gasteiger partial charge in [0.2, 0.25) is 0 Å². The third kappa shape index (κ3) is 3.43. The van der Waals surface area contributed by atoms with Crippen LogP contribution in [0, 0.1) is 46.8 Å². The van der Waals surface area contributed by atoms with Crippen molar-refractivity contribution in [2.75, 3.05) is 26.3 Å². The summed E-state index contributed by atoms with van der Waals surface area (Å²) in [5, 5.41) is 0. The fourth-order valence-corrected chi connectivity index (χ4v) is 8.99. The van der Waals surface area contributed by atoms with Crippen LogP contribution in [0.2, 0.25) is 0 Å². The highest BCUT2D eigenvalue weighted by atomic mass is 16.5. The number of Topliss-reactive ketones (excluding diaryl/α,β-unsaturated/α-hetero) is 1. The van der Waals surface area contributed by atoms with Crippen molar-refractivity contribution in [3.05, 3.63) is 0 Å². The van der Waals surface area contributed by atoms with Crippen LogP contribution in [0.1, 0.15) is 78.6 Å². The molecule has 0 aromatic rings. The molecule has 29 heavy (non-hydrogen) atoms. The number of carbonyl (C=O) groups excluding carboxylic acids is 1. The fraction of sp³-hybridized carbons (Fsp3) is 0.962. The number of hydrogen-bond donors (Lipinski definition) is 0. The first kappa shape index (κ1) is 20.5. The lowest BCUT2D eigenvalue weighted by Gasteiger charge is -2.56. The van der Waals surface area contributed by atoms with E-state index in [1.54, 1.807) is 0 Å². The Morgan fingerprint density at radius 3 is 2.52 bits per heavy atom. The molecule has 5 rings (SSSR count). The van der Waals surface area contributed by atoms with Gasteiger partial charge >= 0.3 is 0 Å². The molecule has 5 aliphatic rings. The quantitative estimate of drug-likeness (QED) is 0.652. The van der Waals surface area contributed by atoms with E-state index in [1.807, 2.05) is 0 Å². The molecule has 1 aliphatic heterocycles. The van der Waals surface area contributed by atoms with Crippen molar-refractivity contribution >= 4 is 5.78 Å². The molecule has 164 valence electrons. The van der Waals surface area contributed by atoms with Crippen LogP contribution < -0.4 is 0 Å². The number of rotatable bonds is 3. The summed E-state index contributed by atoms with van der Waals surface area (Å²) in [7, 11) is 0. The van der Waals surface area contributed by atoms with Crippen molar-refractivity contribution < 1.29 is 9.53 Å². The SMILES string of the molecule is CC1CCC2C(CCC3C2CCC2(C)C(C(=O)C(C)N4CCOCC4)CCC32)C1. The molecule has 1 heterocycles. The molecule has 3 heteroatoms. The summed E-state index contributed by atoms with van der Waals surface area (Å²) in [5.74, 6) is 6.54. The number of carbonyl (C=O) groups is 1. The maximum absolute atomic E-state index is 13.6. The summed E-state index contributed by atoms with van der Waals surface area (Å²) in [6.07, 6.45) is 12.6. The van der Waals surface area contributed by atoms with E-state index >= 15 is 0 Å². The van der Waals surface area contributed by atoms with Crippen LogP contribution in [0.3, 0.4) is 0 Å². The van der Waals surface area contributed by atoms with Gasteiger partial charge in [0.15, 0.2) is 5.78 Å². The average molecular weight is 402 g/mol. The summed E-state index contributed by atoms with van der Waals surface area (Å²) < 4.78 is 5.52. The van der Waals surface area contributed by atoms with E-state index in [4.69, 9.17) is 4.74 Å². The van der Waals surface area contributed by atoms with Crippen molar-refractivity contribution in [2.24, 2.45) is 46.8 Å². The zero-order valence-electron chi connectivity index (χ0n) is 19.1. The van der Waals surface area contributed by atoms with E-state index in [1.165, 1.54) is 51.4 Å². The van der Waals surface area contributed by atoms with Gasteiger partial charge in [-0.05, 0) is 99.2 Å². The molecule has 0 spiro atoms. The van der Waals surface area contributed by atoms with Crippen LogP contribution in [0.15, 0.2) is 0 Å². The Hall–Kier alpha value is -0.410. The Kier molecular flexibility index (Phi) is 5.60. The van der Waals surface area contributed by atoms with Crippen LogP contribution in [-0.4, -0.2) is 43.0 Å². The predicted octanol–water partition coefficient (Wildman–Crippen LogP) is 5.18. The second kappa shape index (κ2) is 7.93. The van der Waals surface area contributed by atoms with Crippen LogP contribution in [-0.2, 0) is 9.53 Å². The summed E-state index contributed by atoms with van der Waals surface area (Å²) >= 11 is 0. The lowest BCUT2D eigenvalue weighted by Crippen LogP contribution is -2.52. The molecule has 9 atom stereocenters. The predicted molar refractivity (Wildman–Crippen MR) is 117 cm³/mol. The number of morpholine rings is 1. The Morgan fingerprint density at radius 2 is 1.72 bits per heavy atom. The number of hydrogen-bond acceptors (Lipinski definition) is 3. The third-order valence-electron chi connectivity index (χ3n) is 10.6. The van der Waals surface area contributed by atoms with Crippen LogP contribution in [0.4, 0.5) is 0 Å². The maximum atomic E-state index is 13.6. The lowest BCUT2D eigenvalue weighted by molar-refractivity contribution is -0.136. The van der Waals surface area contributed by atoms with E-state index in [-0.39, 0.29) is 11.5 Å². The molecule has 0 radical (unpaired) electrons. The Bertz CT molecular complexity index is 614. The van der Waals surface area contributed by atoms with E-state index in [2.05, 4.69) is 25.7 Å². The summed E-state index contributed by atoms with van der Waals surface area (Å²) in [6, 6.07) is 0.0766. The second-order valence-corrected chi connectivity index (χ2v) is 11.8. The van der Waals surface area contributed by atoms with E-state index in [0.29, 0.717) is 11.7 Å². The smallest absolute Gasteiger partial charge is 0.153 e. The van der Waals surface area contributed by atoms with Crippen molar-refractivity contribution in [1.82, 2.24) is 4.90 Å². The number of ether oxygens (including phenoxy) is 1. The Labute approximate surface area is 178 Å². The number of ketones is 1. The molecule has 5 fully saturated rings. The van der Waals surface area contributed by atoms with E-state index in [9.17, 15) is 4.79 Å². The van der Waals surface area contributed by atoms with Gasteiger partial charge in [0.25, 0.3) is 0 Å². The zero-order chi connectivity index (χ0) is 20.2. The van der Waals surface area contributed by atoms with Crippen molar-refractivity contribution in [2.45, 2.75) is 84.6 Å². The maximum Gasteiger partial charge on any atom is 0.153 e. The Balaban J connectivity index is 1.30. The average Bonchev–Trinajstić information content (AvgIpc) is 3.10. The number of nitrogens with zero attached hydrogens (tertiary/aromatic N) is 1. The van der Waals surface area contributed by atoms with Crippen molar-refractivity contribution in [3.8, 4) is 0 Å². The molecule has 0 amide bonds. The standard InChI is InChI=1S/C26H43NO2/c1-17-4-6-20-19(16-17)5-7-22-21(20)10-11-26(3)23(22)8-9-24(26)25(28)18(2)27-12-14-29-15-13-27/h17-24H,4-16H2,1-3H3. The van der Waals surface area contributed by atoms with Gasteiger partial charge in [-0.1, -0.05) is 20.3 Å². The molecule has 0 bridgehead atoms. The van der Waals surface area contributed by atoms with Gasteiger partial charge in [-0.2, -0.15) is 0 Å². The topological polar surface area (TPSA) is 29.5 Å². The van der Waals surface area contributed by atoms with Crippen molar-refractivity contribution in [1.29, 1.82) is 0 Å². The minimum atomic E-state index is 0.0766. The molecule has 1 saturated heterocycles. The van der Waals surface area contributed by atoms with Gasteiger partial charge in [0.1, 0.15) is 0 Å². The molecule has 3 nitrogen and oxygen atoms in total. The molecular weight excluding hydrogens is 358 g/mol. The van der Waals surface area contributed by atoms with Gasteiger partial charge in [0.05, 0.1) is 19.3 Å². The minimum Gasteiger partial charge on any atom is -0.379 e. The van der Waals surface area contributed by atoms with Gasteiger partial charge in [-0.3, -0.25) is 9.69 Å². The zero-order valence-corrected chi connectivity index (χ0v) is 19.1. The van der Waals surface area contributed by atoms with Crippen molar-refractivity contribution in [3.63, 3.8) is 0 Å². The Morgan fingerprint density at radius 1 is 0.966 bits per heavy atom. The third-order valence-corrected chi connectivity index (χ3v) is 10.6. The van der Waals surface area contributed by atoms with Gasteiger partial charge in [0, 0.05) is 19.0 Å². The lowest BCUT2D eigenvalue weighted by atomic mass is 9.49. The summed E-state index contributed by atoms with van der Waals surface area (Å²) in [4.78, 5) is 16.0. The molecular formula is C26H43NO2. The largest absolute Gasteiger partial charge is 0.379 e. The highest BCUT2D eigenvalue weighted by molar-refractivity contribution is 5.87. The molecule has 0 aromatic heterocycles. The van der Waals surface area contributed by atoms with E-state index < -0.39 is 0 Å².